The summed E-state index contributed by atoms with van der Waals surface area (Å²) in [7, 11) is 0. The van der Waals surface area contributed by atoms with Gasteiger partial charge in [0, 0.05) is 10.2 Å². The van der Waals surface area contributed by atoms with Gasteiger partial charge in [-0.2, -0.15) is 0 Å². The molecule has 0 bridgehead atoms. The molecular formula is C8H11BrN2. The first-order chi connectivity index (χ1) is 5.24. The van der Waals surface area contributed by atoms with Gasteiger partial charge in [0.1, 0.15) is 0 Å². The number of aryl methyl sites for hydroxylation is 1. The van der Waals surface area contributed by atoms with Crippen molar-refractivity contribution in [3.63, 3.8) is 0 Å². The zero-order valence-corrected chi connectivity index (χ0v) is 7.98. The van der Waals surface area contributed by atoms with E-state index < -0.39 is 0 Å². The van der Waals surface area contributed by atoms with E-state index in [9.17, 15) is 0 Å². The van der Waals surface area contributed by atoms with Gasteiger partial charge in [-0.1, -0.05) is 22.0 Å². The zero-order valence-electron chi connectivity index (χ0n) is 6.39. The summed E-state index contributed by atoms with van der Waals surface area (Å²) in [5.74, 6) is 0. The molecular weight excluding hydrogens is 204 g/mol. The van der Waals surface area contributed by atoms with Crippen LogP contribution in [0.3, 0.4) is 0 Å². The summed E-state index contributed by atoms with van der Waals surface area (Å²) in [6, 6.07) is 6.07. The highest BCUT2D eigenvalue weighted by Gasteiger charge is 1.94. The fourth-order valence-electron chi connectivity index (χ4n) is 0.821. The van der Waals surface area contributed by atoms with E-state index in [1.165, 1.54) is 5.56 Å². The molecule has 0 spiro atoms. The lowest BCUT2D eigenvalue weighted by Crippen LogP contribution is -2.10. The van der Waals surface area contributed by atoms with Crippen LogP contribution in [0.25, 0.3) is 0 Å². The standard InChI is InChI=1S/C8H11BrN2/c1-6-2-3-7(11-5-10)4-8(6)9/h2-4,11H,5,10H2,1H3. The molecule has 0 unspecified atom stereocenters. The highest BCUT2D eigenvalue weighted by molar-refractivity contribution is 9.10. The lowest BCUT2D eigenvalue weighted by molar-refractivity contribution is 1.14. The number of benzene rings is 1. The average Bonchev–Trinajstić information content (AvgIpc) is 1.98. The number of halogens is 1. The number of nitrogens with one attached hydrogen (secondary N) is 1. The fourth-order valence-corrected chi connectivity index (χ4v) is 1.20. The van der Waals surface area contributed by atoms with Crippen molar-refractivity contribution in [1.29, 1.82) is 0 Å². The minimum atomic E-state index is 0.468. The molecule has 0 aliphatic carbocycles. The second-order valence-electron chi connectivity index (χ2n) is 2.34. The van der Waals surface area contributed by atoms with Crippen LogP contribution < -0.4 is 11.1 Å². The number of rotatable bonds is 2. The first-order valence-electron chi connectivity index (χ1n) is 3.44. The van der Waals surface area contributed by atoms with E-state index in [2.05, 4.69) is 28.2 Å². The number of hydrogen-bond donors (Lipinski definition) is 2. The van der Waals surface area contributed by atoms with E-state index in [0.717, 1.165) is 10.2 Å². The predicted molar refractivity (Wildman–Crippen MR) is 51.6 cm³/mol. The predicted octanol–water partition coefficient (Wildman–Crippen LogP) is 2.09. The topological polar surface area (TPSA) is 38.0 Å². The Balaban J connectivity index is 2.86. The van der Waals surface area contributed by atoms with Crippen molar-refractivity contribution < 1.29 is 0 Å². The van der Waals surface area contributed by atoms with Gasteiger partial charge in [0.15, 0.2) is 0 Å². The van der Waals surface area contributed by atoms with Crippen molar-refractivity contribution in [2.24, 2.45) is 5.73 Å². The Kier molecular flexibility index (Phi) is 2.91. The monoisotopic (exact) mass is 214 g/mol. The second-order valence-corrected chi connectivity index (χ2v) is 3.20. The summed E-state index contributed by atoms with van der Waals surface area (Å²) in [6.07, 6.45) is 0. The Morgan fingerprint density at radius 3 is 2.82 bits per heavy atom. The smallest absolute Gasteiger partial charge is 0.0628 e. The van der Waals surface area contributed by atoms with Crippen LogP contribution in [0.5, 0.6) is 0 Å². The molecule has 3 heteroatoms. The van der Waals surface area contributed by atoms with Crippen LogP contribution in [0.1, 0.15) is 5.56 Å². The Bertz CT molecular complexity index is 248. The second kappa shape index (κ2) is 3.74. The van der Waals surface area contributed by atoms with E-state index in [0.29, 0.717) is 6.67 Å². The molecule has 0 amide bonds. The van der Waals surface area contributed by atoms with Crippen molar-refractivity contribution in [2.45, 2.75) is 6.92 Å². The summed E-state index contributed by atoms with van der Waals surface area (Å²) < 4.78 is 1.11. The molecule has 1 aromatic rings. The Hall–Kier alpha value is -0.540. The van der Waals surface area contributed by atoms with Gasteiger partial charge >= 0.3 is 0 Å². The summed E-state index contributed by atoms with van der Waals surface area (Å²) in [6.45, 7) is 2.52. The third-order valence-corrected chi connectivity index (χ3v) is 2.33. The molecule has 1 rings (SSSR count). The maximum atomic E-state index is 5.32. The molecule has 3 N–H and O–H groups in total. The normalized spacial score (nSPS) is 9.73. The van der Waals surface area contributed by atoms with Gasteiger partial charge in [0.05, 0.1) is 6.67 Å². The molecule has 0 heterocycles. The first-order valence-corrected chi connectivity index (χ1v) is 4.23. The molecule has 0 aliphatic heterocycles. The van der Waals surface area contributed by atoms with Crippen LogP contribution in [0.4, 0.5) is 5.69 Å². The molecule has 1 aromatic carbocycles. The third kappa shape index (κ3) is 2.20. The summed E-state index contributed by atoms with van der Waals surface area (Å²) in [5.41, 5.74) is 7.60. The van der Waals surface area contributed by atoms with Gasteiger partial charge in [-0.05, 0) is 24.6 Å². The summed E-state index contributed by atoms with van der Waals surface area (Å²) in [4.78, 5) is 0. The Morgan fingerprint density at radius 1 is 1.55 bits per heavy atom. The lowest BCUT2D eigenvalue weighted by atomic mass is 10.2. The van der Waals surface area contributed by atoms with Gasteiger partial charge in [0.25, 0.3) is 0 Å². The van der Waals surface area contributed by atoms with Crippen LogP contribution in [0.2, 0.25) is 0 Å². The third-order valence-electron chi connectivity index (χ3n) is 1.48. The molecule has 60 valence electrons. The zero-order chi connectivity index (χ0) is 8.27. The van der Waals surface area contributed by atoms with Gasteiger partial charge in [-0.15, -0.1) is 0 Å². The maximum absolute atomic E-state index is 5.32. The van der Waals surface area contributed by atoms with E-state index in [1.54, 1.807) is 0 Å². The molecule has 0 saturated heterocycles. The van der Waals surface area contributed by atoms with Crippen LogP contribution in [0.15, 0.2) is 22.7 Å². The highest BCUT2D eigenvalue weighted by atomic mass is 79.9. The minimum absolute atomic E-state index is 0.468. The van der Waals surface area contributed by atoms with Crippen LogP contribution in [0, 0.1) is 6.92 Å². The molecule has 0 aromatic heterocycles. The van der Waals surface area contributed by atoms with Crippen molar-refractivity contribution in [3.8, 4) is 0 Å². The van der Waals surface area contributed by atoms with Crippen molar-refractivity contribution in [2.75, 3.05) is 12.0 Å². The molecule has 0 fully saturated rings. The number of nitrogens with two attached hydrogens (primary N) is 1. The van der Waals surface area contributed by atoms with E-state index >= 15 is 0 Å². The Labute approximate surface area is 74.9 Å². The quantitative estimate of drug-likeness (QED) is 0.741. The Morgan fingerprint density at radius 2 is 2.27 bits per heavy atom. The van der Waals surface area contributed by atoms with E-state index in [-0.39, 0.29) is 0 Å². The van der Waals surface area contributed by atoms with E-state index in [1.807, 2.05) is 18.2 Å². The van der Waals surface area contributed by atoms with Gasteiger partial charge in [0.2, 0.25) is 0 Å². The highest BCUT2D eigenvalue weighted by Crippen LogP contribution is 2.19. The number of anilines is 1. The molecule has 0 atom stereocenters. The van der Waals surface area contributed by atoms with Crippen molar-refractivity contribution >= 4 is 21.6 Å². The summed E-state index contributed by atoms with van der Waals surface area (Å²) >= 11 is 3.44. The molecule has 0 aliphatic rings. The lowest BCUT2D eigenvalue weighted by Gasteiger charge is -2.04. The van der Waals surface area contributed by atoms with Gasteiger partial charge in [-0.3, -0.25) is 0 Å². The maximum Gasteiger partial charge on any atom is 0.0628 e. The fraction of sp³-hybridized carbons (Fsp3) is 0.250. The van der Waals surface area contributed by atoms with E-state index in [4.69, 9.17) is 5.73 Å². The van der Waals surface area contributed by atoms with Crippen LogP contribution >= 0.6 is 15.9 Å². The average molecular weight is 215 g/mol. The SMILES string of the molecule is Cc1ccc(NCN)cc1Br. The molecule has 0 radical (unpaired) electrons. The summed E-state index contributed by atoms with van der Waals surface area (Å²) in [5, 5.41) is 3.02. The minimum Gasteiger partial charge on any atom is -0.373 e. The molecule has 11 heavy (non-hydrogen) atoms. The number of hydrogen-bond acceptors (Lipinski definition) is 2. The first kappa shape index (κ1) is 8.56. The molecule has 2 nitrogen and oxygen atoms in total. The van der Waals surface area contributed by atoms with Gasteiger partial charge in [-0.25, -0.2) is 0 Å². The van der Waals surface area contributed by atoms with Crippen molar-refractivity contribution in [1.82, 2.24) is 0 Å². The largest absolute Gasteiger partial charge is 0.373 e. The van der Waals surface area contributed by atoms with Crippen LogP contribution in [-0.2, 0) is 0 Å². The van der Waals surface area contributed by atoms with Crippen LogP contribution in [-0.4, -0.2) is 6.67 Å². The molecule has 0 saturated carbocycles. The van der Waals surface area contributed by atoms with Crippen molar-refractivity contribution in [3.05, 3.63) is 28.2 Å². The van der Waals surface area contributed by atoms with Gasteiger partial charge < -0.3 is 11.1 Å².